The van der Waals surface area contributed by atoms with Crippen LogP contribution >= 0.6 is 0 Å². The number of benzene rings is 1. The first-order valence-corrected chi connectivity index (χ1v) is 5.86. The van der Waals surface area contributed by atoms with Crippen LogP contribution in [0.1, 0.15) is 38.4 Å². The van der Waals surface area contributed by atoms with Crippen LogP contribution in [0.5, 0.6) is 0 Å². The van der Waals surface area contributed by atoms with Crippen molar-refractivity contribution in [1.82, 2.24) is 0 Å². The fourth-order valence-electron chi connectivity index (χ4n) is 1.93. The maximum atomic E-state index is 10.1. The van der Waals surface area contributed by atoms with Gasteiger partial charge in [0.05, 0.1) is 12.4 Å². The fraction of sp³-hybridized carbons (Fsp3) is 0.429. The summed E-state index contributed by atoms with van der Waals surface area (Å²) in [6.45, 7) is 4.30. The van der Waals surface area contributed by atoms with Crippen LogP contribution in [0.3, 0.4) is 0 Å². The minimum absolute atomic E-state index is 0.418. The van der Waals surface area contributed by atoms with Gasteiger partial charge in [0.1, 0.15) is 5.58 Å². The van der Waals surface area contributed by atoms with Crippen molar-refractivity contribution in [2.24, 2.45) is 5.92 Å². The van der Waals surface area contributed by atoms with Crippen molar-refractivity contribution >= 4 is 11.0 Å². The fourth-order valence-corrected chi connectivity index (χ4v) is 1.93. The van der Waals surface area contributed by atoms with E-state index in [1.54, 1.807) is 6.26 Å². The van der Waals surface area contributed by atoms with Crippen molar-refractivity contribution in [1.29, 1.82) is 0 Å². The van der Waals surface area contributed by atoms with E-state index in [0.717, 1.165) is 29.4 Å². The lowest BCUT2D eigenvalue weighted by atomic mass is 9.96. The molecule has 0 fully saturated rings. The topological polar surface area (TPSA) is 33.4 Å². The molecule has 86 valence electrons. The first kappa shape index (κ1) is 11.2. The van der Waals surface area contributed by atoms with Crippen LogP contribution in [-0.2, 0) is 0 Å². The van der Waals surface area contributed by atoms with Crippen molar-refractivity contribution in [2.45, 2.75) is 32.8 Å². The molecule has 0 spiro atoms. The second-order valence-electron chi connectivity index (χ2n) is 4.45. The molecular formula is C14H18O2. The lowest BCUT2D eigenvalue weighted by Crippen LogP contribution is -2.02. The number of hydrogen-bond donors (Lipinski definition) is 1. The molecule has 2 atom stereocenters. The van der Waals surface area contributed by atoms with Crippen LogP contribution in [0.25, 0.3) is 11.0 Å². The molecule has 0 radical (unpaired) electrons. The molecule has 2 nitrogen and oxygen atoms in total. The van der Waals surface area contributed by atoms with E-state index in [0.29, 0.717) is 5.92 Å². The zero-order valence-electron chi connectivity index (χ0n) is 9.81. The van der Waals surface area contributed by atoms with E-state index < -0.39 is 6.10 Å². The highest BCUT2D eigenvalue weighted by Gasteiger charge is 2.16. The van der Waals surface area contributed by atoms with E-state index in [2.05, 4.69) is 13.8 Å². The molecule has 0 aliphatic rings. The van der Waals surface area contributed by atoms with Gasteiger partial charge in [0.25, 0.3) is 0 Å². The van der Waals surface area contributed by atoms with Gasteiger partial charge in [-0.15, -0.1) is 0 Å². The Hall–Kier alpha value is -1.28. The predicted octanol–water partition coefficient (Wildman–Crippen LogP) is 3.90. The molecule has 0 aliphatic heterocycles. The summed E-state index contributed by atoms with van der Waals surface area (Å²) in [5.74, 6) is 0.531. The van der Waals surface area contributed by atoms with E-state index in [4.69, 9.17) is 4.42 Å². The van der Waals surface area contributed by atoms with Gasteiger partial charge < -0.3 is 9.52 Å². The molecule has 0 aliphatic carbocycles. The SMILES string of the molecule is CCC(C)CC(O)c1coc2ccccc12. The summed E-state index contributed by atoms with van der Waals surface area (Å²) in [4.78, 5) is 0. The van der Waals surface area contributed by atoms with Crippen LogP contribution in [0.2, 0.25) is 0 Å². The third-order valence-corrected chi connectivity index (χ3v) is 3.19. The molecule has 2 aromatic rings. The van der Waals surface area contributed by atoms with Crippen LogP contribution in [0, 0.1) is 5.92 Å². The molecule has 2 heteroatoms. The highest BCUT2D eigenvalue weighted by Crippen LogP contribution is 2.30. The minimum atomic E-state index is -0.418. The number of fused-ring (bicyclic) bond motifs is 1. The Kier molecular flexibility index (Phi) is 3.30. The number of para-hydroxylation sites is 1. The molecule has 0 bridgehead atoms. The predicted molar refractivity (Wildman–Crippen MR) is 65.2 cm³/mol. The highest BCUT2D eigenvalue weighted by molar-refractivity contribution is 5.81. The van der Waals surface area contributed by atoms with E-state index in [1.165, 1.54) is 0 Å². The first-order valence-electron chi connectivity index (χ1n) is 5.86. The standard InChI is InChI=1S/C14H18O2/c1-3-10(2)8-13(15)12-9-16-14-7-5-4-6-11(12)14/h4-7,9-10,13,15H,3,8H2,1-2H3. The summed E-state index contributed by atoms with van der Waals surface area (Å²) >= 11 is 0. The second kappa shape index (κ2) is 4.71. The molecule has 0 amide bonds. The normalized spacial score (nSPS) is 15.2. The van der Waals surface area contributed by atoms with Gasteiger partial charge in [0.15, 0.2) is 0 Å². The summed E-state index contributed by atoms with van der Waals surface area (Å²) in [5, 5.41) is 11.2. The van der Waals surface area contributed by atoms with Crippen LogP contribution in [-0.4, -0.2) is 5.11 Å². The summed E-state index contributed by atoms with van der Waals surface area (Å²) in [5.41, 5.74) is 1.76. The third kappa shape index (κ3) is 2.12. The van der Waals surface area contributed by atoms with Gasteiger partial charge in [-0.05, 0) is 18.4 Å². The first-order chi connectivity index (χ1) is 7.72. The van der Waals surface area contributed by atoms with Gasteiger partial charge in [-0.25, -0.2) is 0 Å². The van der Waals surface area contributed by atoms with Gasteiger partial charge in [-0.2, -0.15) is 0 Å². The smallest absolute Gasteiger partial charge is 0.134 e. The molecule has 1 aromatic carbocycles. The van der Waals surface area contributed by atoms with E-state index in [9.17, 15) is 5.11 Å². The Labute approximate surface area is 95.9 Å². The van der Waals surface area contributed by atoms with Gasteiger partial charge in [0, 0.05) is 10.9 Å². The van der Waals surface area contributed by atoms with Crippen LogP contribution < -0.4 is 0 Å². The zero-order valence-corrected chi connectivity index (χ0v) is 9.81. The molecular weight excluding hydrogens is 200 g/mol. The average molecular weight is 218 g/mol. The van der Waals surface area contributed by atoms with E-state index in [-0.39, 0.29) is 0 Å². The average Bonchev–Trinajstić information content (AvgIpc) is 2.72. The molecule has 1 N–H and O–H groups in total. The highest BCUT2D eigenvalue weighted by atomic mass is 16.3. The van der Waals surface area contributed by atoms with Crippen LogP contribution in [0.4, 0.5) is 0 Å². The molecule has 2 unspecified atom stereocenters. The summed E-state index contributed by atoms with van der Waals surface area (Å²) < 4.78 is 5.43. The molecule has 0 saturated heterocycles. The lowest BCUT2D eigenvalue weighted by molar-refractivity contribution is 0.147. The van der Waals surface area contributed by atoms with Gasteiger partial charge in [-0.1, -0.05) is 38.5 Å². The number of furan rings is 1. The Morgan fingerprint density at radius 3 is 2.81 bits per heavy atom. The summed E-state index contributed by atoms with van der Waals surface area (Å²) in [6, 6.07) is 7.83. The second-order valence-corrected chi connectivity index (χ2v) is 4.45. The Bertz CT molecular complexity index is 458. The maximum Gasteiger partial charge on any atom is 0.134 e. The lowest BCUT2D eigenvalue weighted by Gasteiger charge is -2.13. The van der Waals surface area contributed by atoms with Gasteiger partial charge in [0.2, 0.25) is 0 Å². The maximum absolute atomic E-state index is 10.1. The van der Waals surface area contributed by atoms with Crippen molar-refractivity contribution in [2.75, 3.05) is 0 Å². The van der Waals surface area contributed by atoms with Crippen molar-refractivity contribution in [3.8, 4) is 0 Å². The molecule has 2 rings (SSSR count). The molecule has 0 saturated carbocycles. The quantitative estimate of drug-likeness (QED) is 0.844. The number of aliphatic hydroxyl groups excluding tert-OH is 1. The van der Waals surface area contributed by atoms with Crippen molar-refractivity contribution in [3.05, 3.63) is 36.1 Å². The van der Waals surface area contributed by atoms with Crippen LogP contribution in [0.15, 0.2) is 34.9 Å². The Morgan fingerprint density at radius 1 is 1.31 bits per heavy atom. The molecule has 16 heavy (non-hydrogen) atoms. The van der Waals surface area contributed by atoms with Gasteiger partial charge in [-0.3, -0.25) is 0 Å². The zero-order chi connectivity index (χ0) is 11.5. The Morgan fingerprint density at radius 2 is 2.06 bits per heavy atom. The third-order valence-electron chi connectivity index (χ3n) is 3.19. The number of hydrogen-bond acceptors (Lipinski definition) is 2. The van der Waals surface area contributed by atoms with E-state index >= 15 is 0 Å². The van der Waals surface area contributed by atoms with Crippen molar-refractivity contribution in [3.63, 3.8) is 0 Å². The molecule has 1 heterocycles. The number of aliphatic hydroxyl groups is 1. The largest absolute Gasteiger partial charge is 0.464 e. The minimum Gasteiger partial charge on any atom is -0.464 e. The van der Waals surface area contributed by atoms with E-state index in [1.807, 2.05) is 24.3 Å². The monoisotopic (exact) mass is 218 g/mol. The Balaban J connectivity index is 2.26. The van der Waals surface area contributed by atoms with Crippen molar-refractivity contribution < 1.29 is 9.52 Å². The summed E-state index contributed by atoms with van der Waals surface area (Å²) in [7, 11) is 0. The number of rotatable bonds is 4. The summed E-state index contributed by atoms with van der Waals surface area (Å²) in [6.07, 6.45) is 3.14. The molecule has 1 aromatic heterocycles. The van der Waals surface area contributed by atoms with Gasteiger partial charge >= 0.3 is 0 Å².